The third kappa shape index (κ3) is 5.55. The number of hydrogen-bond acceptors (Lipinski definition) is 5. The van der Waals surface area contributed by atoms with E-state index >= 15 is 0 Å². The van der Waals surface area contributed by atoms with Gasteiger partial charge in [-0.15, -0.1) is 11.8 Å². The van der Waals surface area contributed by atoms with E-state index in [0.29, 0.717) is 16.3 Å². The monoisotopic (exact) mass is 412 g/mol. The molecule has 2 N–H and O–H groups in total. The number of hydrazine groups is 1. The van der Waals surface area contributed by atoms with Gasteiger partial charge < -0.3 is 0 Å². The highest BCUT2D eigenvalue weighted by Crippen LogP contribution is 2.24. The van der Waals surface area contributed by atoms with Gasteiger partial charge in [0.1, 0.15) is 5.69 Å². The lowest BCUT2D eigenvalue weighted by atomic mass is 10.1. The first-order chi connectivity index (χ1) is 13.5. The van der Waals surface area contributed by atoms with Gasteiger partial charge in [-0.1, -0.05) is 23.7 Å². The quantitative estimate of drug-likeness (QED) is 0.491. The van der Waals surface area contributed by atoms with Gasteiger partial charge in [0.15, 0.2) is 0 Å². The molecule has 0 unspecified atom stereocenters. The van der Waals surface area contributed by atoms with Gasteiger partial charge >= 0.3 is 0 Å². The molecule has 142 valence electrons. The summed E-state index contributed by atoms with van der Waals surface area (Å²) in [5.74, 6) is -0.172. The minimum absolute atomic E-state index is 0.125. The van der Waals surface area contributed by atoms with Crippen LogP contribution in [0.2, 0.25) is 5.02 Å². The Kier molecular flexibility index (Phi) is 6.62. The zero-order chi connectivity index (χ0) is 19.9. The Labute approximate surface area is 171 Å². The van der Waals surface area contributed by atoms with Crippen molar-refractivity contribution >= 4 is 35.2 Å². The highest BCUT2D eigenvalue weighted by molar-refractivity contribution is 7.98. The van der Waals surface area contributed by atoms with E-state index in [1.165, 1.54) is 12.4 Å². The number of amides is 2. The number of nitrogens with zero attached hydrogens (tertiary/aromatic N) is 2. The zero-order valence-electron chi connectivity index (χ0n) is 15.0. The predicted octanol–water partition coefficient (Wildman–Crippen LogP) is 3.81. The van der Waals surface area contributed by atoms with Gasteiger partial charge in [0.25, 0.3) is 11.8 Å². The molecule has 2 aromatic carbocycles. The van der Waals surface area contributed by atoms with Gasteiger partial charge in [-0.05, 0) is 48.9 Å². The highest BCUT2D eigenvalue weighted by atomic mass is 35.5. The van der Waals surface area contributed by atoms with Crippen molar-refractivity contribution in [2.75, 3.05) is 0 Å². The molecule has 1 aromatic heterocycles. The van der Waals surface area contributed by atoms with E-state index in [0.717, 1.165) is 16.2 Å². The summed E-state index contributed by atoms with van der Waals surface area (Å²) >= 11 is 7.56. The lowest BCUT2D eigenvalue weighted by Crippen LogP contribution is -2.42. The Balaban J connectivity index is 1.51. The number of carbonyl (C=O) groups excluding carboxylic acids is 2. The van der Waals surface area contributed by atoms with Crippen LogP contribution >= 0.6 is 23.4 Å². The largest absolute Gasteiger partial charge is 0.289 e. The highest BCUT2D eigenvalue weighted by Gasteiger charge is 2.10. The van der Waals surface area contributed by atoms with Gasteiger partial charge in [-0.3, -0.25) is 25.4 Å². The molecular weight excluding hydrogens is 396 g/mol. The van der Waals surface area contributed by atoms with E-state index in [9.17, 15) is 9.59 Å². The molecule has 0 atom stereocenters. The summed E-state index contributed by atoms with van der Waals surface area (Å²) in [6, 6.07) is 14.8. The summed E-state index contributed by atoms with van der Waals surface area (Å²) in [5.41, 5.74) is 7.05. The summed E-state index contributed by atoms with van der Waals surface area (Å²) in [6.07, 6.45) is 2.83. The van der Waals surface area contributed by atoms with Crippen LogP contribution in [0.15, 0.2) is 65.8 Å². The van der Waals surface area contributed by atoms with Gasteiger partial charge in [-0.25, -0.2) is 4.98 Å². The van der Waals surface area contributed by atoms with Crippen LogP contribution < -0.4 is 10.9 Å². The minimum Gasteiger partial charge on any atom is -0.267 e. The van der Waals surface area contributed by atoms with Crippen molar-refractivity contribution in [2.45, 2.75) is 17.6 Å². The first-order valence-corrected chi connectivity index (χ1v) is 9.74. The SMILES string of the molecule is Cc1cnc(C(=O)NNC(=O)c2ccc(CSc3ccc(Cl)cc3)cc2)cn1. The van der Waals surface area contributed by atoms with E-state index in [-0.39, 0.29) is 5.69 Å². The van der Waals surface area contributed by atoms with Crippen molar-refractivity contribution in [3.8, 4) is 0 Å². The Morgan fingerprint density at radius 3 is 2.25 bits per heavy atom. The molecule has 0 saturated carbocycles. The molecule has 0 aliphatic carbocycles. The molecule has 0 radical (unpaired) electrons. The fourth-order valence-electron chi connectivity index (χ4n) is 2.21. The molecular formula is C20H17ClN4O2S. The Morgan fingerprint density at radius 2 is 1.61 bits per heavy atom. The molecule has 0 bridgehead atoms. The maximum Gasteiger partial charge on any atom is 0.289 e. The van der Waals surface area contributed by atoms with Crippen LogP contribution in [-0.2, 0) is 5.75 Å². The minimum atomic E-state index is -0.531. The summed E-state index contributed by atoms with van der Waals surface area (Å²) in [7, 11) is 0. The Bertz CT molecular complexity index is 961. The fraction of sp³-hybridized carbons (Fsp3) is 0.100. The molecule has 0 saturated heterocycles. The molecule has 0 aliphatic heterocycles. The predicted molar refractivity (Wildman–Crippen MR) is 109 cm³/mol. The smallest absolute Gasteiger partial charge is 0.267 e. The molecule has 3 aromatic rings. The lowest BCUT2D eigenvalue weighted by Gasteiger charge is -2.08. The van der Waals surface area contributed by atoms with Crippen molar-refractivity contribution < 1.29 is 9.59 Å². The molecule has 0 fully saturated rings. The summed E-state index contributed by atoms with van der Waals surface area (Å²) in [5, 5.41) is 0.709. The van der Waals surface area contributed by atoms with Crippen LogP contribution in [0.5, 0.6) is 0 Å². The maximum atomic E-state index is 12.2. The standard InChI is InChI=1S/C20H17ClN4O2S/c1-13-10-23-18(11-22-13)20(27)25-24-19(26)15-4-2-14(3-5-15)12-28-17-8-6-16(21)7-9-17/h2-11H,12H2,1H3,(H,24,26)(H,25,27). The van der Waals surface area contributed by atoms with E-state index in [1.54, 1.807) is 30.8 Å². The third-order valence-corrected chi connectivity index (χ3v) is 5.07. The van der Waals surface area contributed by atoms with Crippen molar-refractivity contribution in [1.82, 2.24) is 20.8 Å². The summed E-state index contributed by atoms with van der Waals surface area (Å²) in [6.45, 7) is 1.77. The second kappa shape index (κ2) is 9.34. The maximum absolute atomic E-state index is 12.2. The number of benzene rings is 2. The Morgan fingerprint density at radius 1 is 0.929 bits per heavy atom. The lowest BCUT2D eigenvalue weighted by molar-refractivity contribution is 0.0843. The Hall–Kier alpha value is -2.90. The second-order valence-electron chi connectivity index (χ2n) is 5.89. The van der Waals surface area contributed by atoms with E-state index in [2.05, 4.69) is 20.8 Å². The first kappa shape index (κ1) is 19.9. The van der Waals surface area contributed by atoms with E-state index in [1.807, 2.05) is 36.4 Å². The van der Waals surface area contributed by atoms with Gasteiger partial charge in [0.2, 0.25) is 0 Å². The van der Waals surface area contributed by atoms with E-state index in [4.69, 9.17) is 11.6 Å². The molecule has 2 amide bonds. The normalized spacial score (nSPS) is 10.4. The van der Waals surface area contributed by atoms with Crippen LogP contribution in [0, 0.1) is 6.92 Å². The molecule has 0 spiro atoms. The topological polar surface area (TPSA) is 84.0 Å². The molecule has 1 heterocycles. The molecule has 3 rings (SSSR count). The van der Waals surface area contributed by atoms with Crippen molar-refractivity contribution in [3.05, 3.63) is 88.5 Å². The van der Waals surface area contributed by atoms with Crippen LogP contribution in [0.1, 0.15) is 32.1 Å². The molecule has 28 heavy (non-hydrogen) atoms. The number of halogens is 1. The average Bonchev–Trinajstić information content (AvgIpc) is 2.72. The van der Waals surface area contributed by atoms with Crippen LogP contribution in [0.3, 0.4) is 0 Å². The fourth-order valence-corrected chi connectivity index (χ4v) is 3.19. The van der Waals surface area contributed by atoms with Crippen molar-refractivity contribution in [1.29, 1.82) is 0 Å². The third-order valence-electron chi connectivity index (χ3n) is 3.74. The van der Waals surface area contributed by atoms with E-state index < -0.39 is 11.8 Å². The van der Waals surface area contributed by atoms with Crippen molar-refractivity contribution in [3.63, 3.8) is 0 Å². The van der Waals surface area contributed by atoms with Gasteiger partial charge in [0, 0.05) is 27.4 Å². The molecule has 8 heteroatoms. The van der Waals surface area contributed by atoms with Gasteiger partial charge in [-0.2, -0.15) is 0 Å². The number of hydrogen-bond donors (Lipinski definition) is 2. The number of thioether (sulfide) groups is 1. The van der Waals surface area contributed by atoms with Crippen LogP contribution in [-0.4, -0.2) is 21.8 Å². The van der Waals surface area contributed by atoms with Crippen LogP contribution in [0.4, 0.5) is 0 Å². The number of carbonyl (C=O) groups is 2. The number of nitrogens with one attached hydrogen (secondary N) is 2. The van der Waals surface area contributed by atoms with Gasteiger partial charge in [0.05, 0.1) is 11.9 Å². The zero-order valence-corrected chi connectivity index (χ0v) is 16.6. The average molecular weight is 413 g/mol. The number of rotatable bonds is 5. The summed E-state index contributed by atoms with van der Waals surface area (Å²) < 4.78 is 0. The number of aromatic nitrogens is 2. The van der Waals surface area contributed by atoms with Crippen molar-refractivity contribution in [2.24, 2.45) is 0 Å². The summed E-state index contributed by atoms with van der Waals surface area (Å²) in [4.78, 5) is 33.2. The second-order valence-corrected chi connectivity index (χ2v) is 7.38. The molecule has 6 nitrogen and oxygen atoms in total. The first-order valence-electron chi connectivity index (χ1n) is 8.38. The van der Waals surface area contributed by atoms with Crippen LogP contribution in [0.25, 0.3) is 0 Å². The number of aryl methyl sites for hydroxylation is 1. The molecule has 0 aliphatic rings.